The molecule has 2 unspecified atom stereocenters. The van der Waals surface area contributed by atoms with E-state index in [-0.39, 0.29) is 37.6 Å². The topological polar surface area (TPSA) is 74.7 Å². The molecule has 1 aliphatic rings. The van der Waals surface area contributed by atoms with Gasteiger partial charge in [0.15, 0.2) is 0 Å². The fourth-order valence-corrected chi connectivity index (χ4v) is 4.77. The van der Waals surface area contributed by atoms with Crippen LogP contribution >= 0.6 is 0 Å². The minimum absolute atomic E-state index is 0.000203. The Morgan fingerprint density at radius 1 is 1.23 bits per heavy atom. The van der Waals surface area contributed by atoms with E-state index in [0.29, 0.717) is 17.9 Å². The zero-order valence-electron chi connectivity index (χ0n) is 20.9. The number of aromatic hydroxyl groups is 1. The summed E-state index contributed by atoms with van der Waals surface area (Å²) >= 11 is 0. The molecule has 192 valence electrons. The Morgan fingerprint density at radius 3 is 2.31 bits per heavy atom. The average Bonchev–Trinajstić information content (AvgIpc) is 3.58. The number of halogens is 3. The molecule has 2 atom stereocenters. The second-order valence-corrected chi connectivity index (χ2v) is 9.73. The van der Waals surface area contributed by atoms with Gasteiger partial charge in [-0.3, -0.25) is 4.79 Å². The number of aromatic nitrogens is 1. The maximum absolute atomic E-state index is 14.0. The Morgan fingerprint density at radius 2 is 1.86 bits per heavy atom. The van der Waals surface area contributed by atoms with Crippen molar-refractivity contribution in [2.75, 3.05) is 27.7 Å². The van der Waals surface area contributed by atoms with Crippen molar-refractivity contribution < 1.29 is 27.8 Å². The van der Waals surface area contributed by atoms with Crippen molar-refractivity contribution in [3.63, 3.8) is 0 Å². The summed E-state index contributed by atoms with van der Waals surface area (Å²) in [6.07, 6.45) is -2.67. The Labute approximate surface area is 204 Å². The molecule has 0 saturated heterocycles. The number of benzene rings is 1. The predicted octanol–water partition coefficient (Wildman–Crippen LogP) is 4.52. The average molecular weight is 494 g/mol. The van der Waals surface area contributed by atoms with Gasteiger partial charge in [0.25, 0.3) is 0 Å². The Bertz CT molecular complexity index is 1010. The zero-order chi connectivity index (χ0) is 26.0. The molecule has 1 heterocycles. The first-order valence-electron chi connectivity index (χ1n) is 11.7. The fourth-order valence-electron chi connectivity index (χ4n) is 4.77. The van der Waals surface area contributed by atoms with E-state index >= 15 is 0 Å². The van der Waals surface area contributed by atoms with E-state index < -0.39 is 23.4 Å². The van der Waals surface area contributed by atoms with E-state index in [0.717, 1.165) is 16.7 Å². The largest absolute Gasteiger partial charge is 0.508 e. The number of amides is 1. The van der Waals surface area contributed by atoms with Gasteiger partial charge in [0, 0.05) is 37.2 Å². The summed E-state index contributed by atoms with van der Waals surface area (Å²) in [5.41, 5.74) is 1.46. The van der Waals surface area contributed by atoms with E-state index in [9.17, 15) is 23.1 Å². The molecule has 6 nitrogen and oxygen atoms in total. The van der Waals surface area contributed by atoms with Crippen molar-refractivity contribution in [2.24, 2.45) is 5.41 Å². The van der Waals surface area contributed by atoms with Crippen molar-refractivity contribution in [2.45, 2.75) is 57.7 Å². The van der Waals surface area contributed by atoms with Crippen LogP contribution in [0.2, 0.25) is 0 Å². The molecule has 1 fully saturated rings. The molecular formula is C26H34F3N3O3. The van der Waals surface area contributed by atoms with Crippen LogP contribution in [0.4, 0.5) is 13.2 Å². The molecule has 1 saturated carbocycles. The number of phenols is 1. The lowest BCUT2D eigenvalue weighted by atomic mass is 9.80. The number of alkyl halides is 3. The number of likely N-dealkylation sites (N-methyl/N-ethyl adjacent to an activating group) is 1. The summed E-state index contributed by atoms with van der Waals surface area (Å²) in [6, 6.07) is 6.42. The van der Waals surface area contributed by atoms with Gasteiger partial charge in [-0.25, -0.2) is 4.98 Å². The maximum atomic E-state index is 14.0. The van der Waals surface area contributed by atoms with Crippen LogP contribution < -0.4 is 10.1 Å². The SMILES string of the molecule is COc1ccc(C(CC(=O)NCC(Cc2c(C)cc(O)cc2C)N(C)C)C2(C(F)(F)F)CC2)cn1. The van der Waals surface area contributed by atoms with E-state index in [1.54, 1.807) is 18.2 Å². The van der Waals surface area contributed by atoms with Crippen LogP contribution in [0, 0.1) is 19.3 Å². The summed E-state index contributed by atoms with van der Waals surface area (Å²) in [5.74, 6) is -0.925. The Balaban J connectivity index is 1.74. The second kappa shape index (κ2) is 10.4. The highest BCUT2D eigenvalue weighted by molar-refractivity contribution is 5.77. The lowest BCUT2D eigenvalue weighted by Crippen LogP contribution is -2.43. The van der Waals surface area contributed by atoms with Gasteiger partial charge in [-0.1, -0.05) is 6.07 Å². The number of nitrogens with one attached hydrogen (secondary N) is 1. The molecule has 0 spiro atoms. The number of hydrogen-bond donors (Lipinski definition) is 2. The summed E-state index contributed by atoms with van der Waals surface area (Å²) in [7, 11) is 5.24. The fraction of sp³-hybridized carbons (Fsp3) is 0.538. The van der Waals surface area contributed by atoms with Crippen molar-refractivity contribution in [1.29, 1.82) is 0 Å². The number of phenolic OH excluding ortho intramolecular Hbond substituents is 1. The highest BCUT2D eigenvalue weighted by Gasteiger charge is 2.67. The number of ether oxygens (including phenoxy) is 1. The highest BCUT2D eigenvalue weighted by Crippen LogP contribution is 2.66. The summed E-state index contributed by atoms with van der Waals surface area (Å²) < 4.78 is 47.0. The van der Waals surface area contributed by atoms with Crippen LogP contribution in [-0.2, 0) is 11.2 Å². The van der Waals surface area contributed by atoms with Crippen LogP contribution in [0.15, 0.2) is 30.5 Å². The Hall–Kier alpha value is -2.81. The lowest BCUT2D eigenvalue weighted by molar-refractivity contribution is -0.194. The number of carbonyl (C=O) groups is 1. The molecule has 2 aromatic rings. The first-order chi connectivity index (χ1) is 16.4. The number of pyridine rings is 1. The predicted molar refractivity (Wildman–Crippen MR) is 128 cm³/mol. The van der Waals surface area contributed by atoms with E-state index in [2.05, 4.69) is 10.3 Å². The number of carbonyl (C=O) groups excluding carboxylic acids is 1. The number of hydrogen-bond acceptors (Lipinski definition) is 5. The van der Waals surface area contributed by atoms with Crippen molar-refractivity contribution in [3.05, 3.63) is 52.7 Å². The molecule has 9 heteroatoms. The number of rotatable bonds is 10. The van der Waals surface area contributed by atoms with Gasteiger partial charge in [-0.05, 0) is 81.6 Å². The van der Waals surface area contributed by atoms with Crippen molar-refractivity contribution in [3.8, 4) is 11.6 Å². The maximum Gasteiger partial charge on any atom is 0.395 e. The quantitative estimate of drug-likeness (QED) is 0.509. The summed E-state index contributed by atoms with van der Waals surface area (Å²) in [4.78, 5) is 19.0. The normalized spacial score (nSPS) is 16.6. The molecule has 0 bridgehead atoms. The van der Waals surface area contributed by atoms with Gasteiger partial charge in [-0.2, -0.15) is 13.2 Å². The molecule has 0 radical (unpaired) electrons. The molecule has 3 rings (SSSR count). The molecule has 35 heavy (non-hydrogen) atoms. The van der Waals surface area contributed by atoms with Crippen LogP contribution in [-0.4, -0.2) is 60.9 Å². The number of nitrogens with zero attached hydrogens (tertiary/aromatic N) is 2. The summed E-state index contributed by atoms with van der Waals surface area (Å²) in [5, 5.41) is 12.7. The molecule has 1 amide bonds. The zero-order valence-corrected chi connectivity index (χ0v) is 20.9. The van der Waals surface area contributed by atoms with Gasteiger partial charge in [0.1, 0.15) is 5.75 Å². The van der Waals surface area contributed by atoms with Gasteiger partial charge >= 0.3 is 6.18 Å². The standard InChI is InChI=1S/C26H34F3N3O3/c1-16-10-20(33)11-17(2)21(16)12-19(32(3)4)15-30-23(34)13-22(25(8-9-25)26(27,28)29)18-6-7-24(35-5)31-14-18/h6-7,10-11,14,19,22,33H,8-9,12-13,15H2,1-5H3,(H,30,34). The summed E-state index contributed by atoms with van der Waals surface area (Å²) in [6.45, 7) is 4.14. The number of methoxy groups -OCH3 is 1. The molecular weight excluding hydrogens is 459 g/mol. The van der Waals surface area contributed by atoms with Crippen molar-refractivity contribution >= 4 is 5.91 Å². The van der Waals surface area contributed by atoms with Gasteiger partial charge < -0.3 is 20.1 Å². The molecule has 1 aromatic heterocycles. The minimum atomic E-state index is -4.40. The Kier molecular flexibility index (Phi) is 7.99. The van der Waals surface area contributed by atoms with E-state index in [4.69, 9.17) is 4.74 Å². The molecule has 2 N–H and O–H groups in total. The van der Waals surface area contributed by atoms with Crippen LogP contribution in [0.25, 0.3) is 0 Å². The second-order valence-electron chi connectivity index (χ2n) is 9.73. The molecule has 0 aliphatic heterocycles. The van der Waals surface area contributed by atoms with Crippen molar-refractivity contribution in [1.82, 2.24) is 15.2 Å². The number of aryl methyl sites for hydroxylation is 2. The van der Waals surface area contributed by atoms with E-state index in [1.807, 2.05) is 32.8 Å². The van der Waals surface area contributed by atoms with Crippen LogP contribution in [0.3, 0.4) is 0 Å². The van der Waals surface area contributed by atoms with Gasteiger partial charge in [0.2, 0.25) is 11.8 Å². The molecule has 1 aliphatic carbocycles. The highest BCUT2D eigenvalue weighted by atomic mass is 19.4. The van der Waals surface area contributed by atoms with E-state index in [1.165, 1.54) is 19.4 Å². The van der Waals surface area contributed by atoms with Crippen LogP contribution in [0.1, 0.15) is 47.4 Å². The first kappa shape index (κ1) is 26.8. The van der Waals surface area contributed by atoms with Crippen LogP contribution in [0.5, 0.6) is 11.6 Å². The third-order valence-corrected chi connectivity index (χ3v) is 7.17. The minimum Gasteiger partial charge on any atom is -0.508 e. The third kappa shape index (κ3) is 6.07. The first-order valence-corrected chi connectivity index (χ1v) is 11.7. The lowest BCUT2D eigenvalue weighted by Gasteiger charge is -2.30. The smallest absolute Gasteiger partial charge is 0.395 e. The van der Waals surface area contributed by atoms with Gasteiger partial charge in [-0.15, -0.1) is 0 Å². The molecule has 1 aromatic carbocycles. The van der Waals surface area contributed by atoms with Gasteiger partial charge in [0.05, 0.1) is 12.5 Å². The monoisotopic (exact) mass is 493 g/mol. The third-order valence-electron chi connectivity index (χ3n) is 7.17.